The summed E-state index contributed by atoms with van der Waals surface area (Å²) in [6.07, 6.45) is 1.87. The average molecular weight is 461 g/mol. The van der Waals surface area contributed by atoms with Gasteiger partial charge in [0.15, 0.2) is 0 Å². The molecule has 0 atom stereocenters. The van der Waals surface area contributed by atoms with Crippen LogP contribution in [-0.2, 0) is 0 Å². The van der Waals surface area contributed by atoms with Gasteiger partial charge in [0, 0.05) is 33.1 Å². The van der Waals surface area contributed by atoms with Crippen LogP contribution in [0.1, 0.15) is 0 Å². The molecule has 0 aliphatic rings. The molecule has 3 nitrogen and oxygen atoms in total. The summed E-state index contributed by atoms with van der Waals surface area (Å²) in [5, 5.41) is 5.77. The molecule has 3 heterocycles. The molecule has 8 aromatic rings. The first kappa shape index (κ1) is 19.4. The van der Waals surface area contributed by atoms with Gasteiger partial charge in [-0.05, 0) is 59.7 Å². The summed E-state index contributed by atoms with van der Waals surface area (Å²) in [7, 11) is 0. The van der Waals surface area contributed by atoms with Gasteiger partial charge in [-0.2, -0.15) is 0 Å². The number of furan rings is 1. The fraction of sp³-hybridized carbons (Fsp3) is 0. The van der Waals surface area contributed by atoms with E-state index in [1.165, 1.54) is 21.9 Å². The minimum Gasteiger partial charge on any atom is -0.456 e. The van der Waals surface area contributed by atoms with Crippen LogP contribution in [0, 0.1) is 0 Å². The van der Waals surface area contributed by atoms with Crippen molar-refractivity contribution in [2.24, 2.45) is 0 Å². The van der Waals surface area contributed by atoms with Crippen LogP contribution >= 0.6 is 0 Å². The minimum atomic E-state index is 0.913. The first-order valence-corrected chi connectivity index (χ1v) is 12.1. The molecule has 3 heteroatoms. The number of hydrogen-bond acceptors (Lipinski definition) is 2. The zero-order valence-electron chi connectivity index (χ0n) is 19.3. The monoisotopic (exact) mass is 460 g/mol. The van der Waals surface area contributed by atoms with Gasteiger partial charge in [-0.1, -0.05) is 66.7 Å². The predicted octanol–water partition coefficient (Wildman–Crippen LogP) is 8.90. The highest BCUT2D eigenvalue weighted by molar-refractivity contribution is 6.17. The first-order valence-electron chi connectivity index (χ1n) is 12.1. The number of fused-ring (bicyclic) bond motifs is 7. The van der Waals surface area contributed by atoms with E-state index in [-0.39, 0.29) is 0 Å². The van der Waals surface area contributed by atoms with Crippen LogP contribution < -0.4 is 0 Å². The number of para-hydroxylation sites is 2. The summed E-state index contributed by atoms with van der Waals surface area (Å²) in [6.45, 7) is 0. The molecule has 0 radical (unpaired) electrons. The molecule has 8 rings (SSSR count). The molecule has 0 amide bonds. The molecule has 0 fully saturated rings. The molecule has 0 N–H and O–H groups in total. The summed E-state index contributed by atoms with van der Waals surface area (Å²) >= 11 is 0. The summed E-state index contributed by atoms with van der Waals surface area (Å²) in [5.41, 5.74) is 8.58. The molecule has 0 aliphatic heterocycles. The first-order chi connectivity index (χ1) is 17.8. The third kappa shape index (κ3) is 2.71. The van der Waals surface area contributed by atoms with E-state index in [1.54, 1.807) is 0 Å². The molecule has 0 bridgehead atoms. The van der Waals surface area contributed by atoms with Crippen molar-refractivity contribution < 1.29 is 4.42 Å². The highest BCUT2D eigenvalue weighted by Gasteiger charge is 2.18. The van der Waals surface area contributed by atoms with Gasteiger partial charge in [-0.25, -0.2) is 0 Å². The summed E-state index contributed by atoms with van der Waals surface area (Å²) < 4.78 is 8.64. The molecule has 5 aromatic carbocycles. The summed E-state index contributed by atoms with van der Waals surface area (Å²) in [4.78, 5) is 4.75. The minimum absolute atomic E-state index is 0.913. The lowest BCUT2D eigenvalue weighted by atomic mass is 10.0. The zero-order valence-corrected chi connectivity index (χ0v) is 19.3. The Balaban J connectivity index is 1.55. The molecule has 0 saturated carbocycles. The third-order valence-electron chi connectivity index (χ3n) is 7.22. The van der Waals surface area contributed by atoms with Crippen LogP contribution in [-0.4, -0.2) is 9.55 Å². The second kappa shape index (κ2) is 7.30. The lowest BCUT2D eigenvalue weighted by molar-refractivity contribution is 0.669. The van der Waals surface area contributed by atoms with E-state index in [0.29, 0.717) is 0 Å². The fourth-order valence-corrected chi connectivity index (χ4v) is 5.59. The van der Waals surface area contributed by atoms with E-state index in [9.17, 15) is 0 Å². The second-order valence-corrected chi connectivity index (χ2v) is 9.25. The van der Waals surface area contributed by atoms with Gasteiger partial charge in [-0.15, -0.1) is 0 Å². The number of hydrogen-bond donors (Lipinski definition) is 0. The maximum absolute atomic E-state index is 6.25. The largest absolute Gasteiger partial charge is 0.456 e. The number of nitrogens with zero attached hydrogens (tertiary/aromatic N) is 2. The van der Waals surface area contributed by atoms with E-state index in [2.05, 4.69) is 102 Å². The van der Waals surface area contributed by atoms with Gasteiger partial charge >= 0.3 is 0 Å². The van der Waals surface area contributed by atoms with Gasteiger partial charge < -0.3 is 8.98 Å². The normalized spacial score (nSPS) is 11.9. The SMILES string of the molecule is c1ccc(-c2cc(-n3c4ccccc4c4cc5oc6ccccc6c5cc43)c3cccnc3c2)cc1. The number of aromatic nitrogens is 2. The quantitative estimate of drug-likeness (QED) is 0.258. The van der Waals surface area contributed by atoms with Crippen LogP contribution in [0.2, 0.25) is 0 Å². The Morgan fingerprint density at radius 3 is 2.19 bits per heavy atom. The maximum atomic E-state index is 6.25. The van der Waals surface area contributed by atoms with Crippen molar-refractivity contribution in [3.63, 3.8) is 0 Å². The highest BCUT2D eigenvalue weighted by atomic mass is 16.3. The Labute approximate surface area is 206 Å². The van der Waals surface area contributed by atoms with Crippen LogP contribution in [0.3, 0.4) is 0 Å². The molecular formula is C33H20N2O. The van der Waals surface area contributed by atoms with Crippen LogP contribution in [0.4, 0.5) is 0 Å². The number of pyridine rings is 1. The summed E-state index contributed by atoms with van der Waals surface area (Å²) in [5.74, 6) is 0. The van der Waals surface area contributed by atoms with Crippen molar-refractivity contribution in [1.82, 2.24) is 9.55 Å². The lowest BCUT2D eigenvalue weighted by Crippen LogP contribution is -1.97. The van der Waals surface area contributed by atoms with Crippen molar-refractivity contribution in [1.29, 1.82) is 0 Å². The molecule has 168 valence electrons. The molecule has 0 unspecified atom stereocenters. The molecule has 0 aliphatic carbocycles. The number of rotatable bonds is 2. The van der Waals surface area contributed by atoms with E-state index >= 15 is 0 Å². The Bertz CT molecular complexity index is 2100. The van der Waals surface area contributed by atoms with Crippen molar-refractivity contribution in [2.45, 2.75) is 0 Å². The summed E-state index contributed by atoms with van der Waals surface area (Å²) in [6, 6.07) is 40.5. The Hall–Kier alpha value is -4.89. The van der Waals surface area contributed by atoms with Crippen molar-refractivity contribution in [3.05, 3.63) is 121 Å². The Morgan fingerprint density at radius 2 is 1.28 bits per heavy atom. The van der Waals surface area contributed by atoms with Crippen molar-refractivity contribution in [2.75, 3.05) is 0 Å². The van der Waals surface area contributed by atoms with Crippen LogP contribution in [0.15, 0.2) is 126 Å². The Kier molecular flexibility index (Phi) is 3.94. The standard InChI is InChI=1S/C33H20N2O/c1-2-9-21(10-3-1)22-17-28-25(13-8-16-34-28)30(18-22)35-29-14-6-4-11-23(29)26-20-33-27(19-31(26)35)24-12-5-7-15-32(24)36-33/h1-20H. The molecule has 0 saturated heterocycles. The zero-order chi connectivity index (χ0) is 23.6. The molecule has 36 heavy (non-hydrogen) atoms. The molecule has 0 spiro atoms. The van der Waals surface area contributed by atoms with E-state index in [4.69, 9.17) is 9.40 Å². The number of benzene rings is 5. The van der Waals surface area contributed by atoms with Crippen LogP contribution in [0.5, 0.6) is 0 Å². The Morgan fingerprint density at radius 1 is 0.500 bits per heavy atom. The second-order valence-electron chi connectivity index (χ2n) is 9.25. The lowest BCUT2D eigenvalue weighted by Gasteiger charge is -2.14. The average Bonchev–Trinajstić information content (AvgIpc) is 3.46. The molecular weight excluding hydrogens is 440 g/mol. The van der Waals surface area contributed by atoms with E-state index < -0.39 is 0 Å². The predicted molar refractivity (Wildman–Crippen MR) is 149 cm³/mol. The van der Waals surface area contributed by atoms with Gasteiger partial charge in [0.2, 0.25) is 0 Å². The maximum Gasteiger partial charge on any atom is 0.136 e. The topological polar surface area (TPSA) is 31.0 Å². The van der Waals surface area contributed by atoms with Gasteiger partial charge in [0.25, 0.3) is 0 Å². The van der Waals surface area contributed by atoms with Crippen molar-refractivity contribution >= 4 is 54.6 Å². The smallest absolute Gasteiger partial charge is 0.136 e. The van der Waals surface area contributed by atoms with E-state index in [1.807, 2.05) is 24.4 Å². The van der Waals surface area contributed by atoms with Crippen molar-refractivity contribution in [3.8, 4) is 16.8 Å². The van der Waals surface area contributed by atoms with Gasteiger partial charge in [0.1, 0.15) is 11.2 Å². The van der Waals surface area contributed by atoms with E-state index in [0.717, 1.165) is 49.6 Å². The third-order valence-corrected chi connectivity index (χ3v) is 7.22. The molecule has 3 aromatic heterocycles. The highest BCUT2D eigenvalue weighted by Crippen LogP contribution is 2.40. The van der Waals surface area contributed by atoms with Gasteiger partial charge in [-0.3, -0.25) is 4.98 Å². The van der Waals surface area contributed by atoms with Crippen LogP contribution in [0.25, 0.3) is 71.5 Å². The van der Waals surface area contributed by atoms with Gasteiger partial charge in [0.05, 0.1) is 22.2 Å². The fourth-order valence-electron chi connectivity index (χ4n) is 5.59.